The zero-order chi connectivity index (χ0) is 13.1. The lowest BCUT2D eigenvalue weighted by Gasteiger charge is -2.21. The second kappa shape index (κ2) is 5.36. The average Bonchev–Trinajstić information content (AvgIpc) is 2.37. The van der Waals surface area contributed by atoms with Gasteiger partial charge in [-0.2, -0.15) is 0 Å². The normalized spacial score (nSPS) is 10.2. The zero-order valence-corrected chi connectivity index (χ0v) is 11.9. The number of nitrogens with zero attached hydrogens (tertiary/aromatic N) is 1. The number of carbonyl (C=O) groups is 1. The highest BCUT2D eigenvalue weighted by molar-refractivity contribution is 9.10. The lowest BCUT2D eigenvalue weighted by Crippen LogP contribution is -2.10. The molecule has 0 heterocycles. The first-order chi connectivity index (χ1) is 8.61. The van der Waals surface area contributed by atoms with Crippen LogP contribution in [0.5, 0.6) is 0 Å². The van der Waals surface area contributed by atoms with Crippen LogP contribution in [-0.4, -0.2) is 13.3 Å². The van der Waals surface area contributed by atoms with Crippen molar-refractivity contribution in [2.24, 2.45) is 0 Å². The van der Waals surface area contributed by atoms with Crippen LogP contribution >= 0.6 is 15.9 Å². The number of anilines is 2. The number of halogens is 1. The summed E-state index contributed by atoms with van der Waals surface area (Å²) < 4.78 is 0.913. The summed E-state index contributed by atoms with van der Waals surface area (Å²) >= 11 is 3.50. The van der Waals surface area contributed by atoms with Crippen LogP contribution < -0.4 is 4.90 Å². The molecule has 0 amide bonds. The fourth-order valence-corrected chi connectivity index (χ4v) is 2.51. The second-order valence-corrected chi connectivity index (χ2v) is 5.08. The Hall–Kier alpha value is -1.61. The smallest absolute Gasteiger partial charge is 0.150 e. The van der Waals surface area contributed by atoms with Gasteiger partial charge in [-0.1, -0.05) is 12.1 Å². The molecular formula is C15H14BrNO. The van der Waals surface area contributed by atoms with E-state index in [0.29, 0.717) is 5.56 Å². The van der Waals surface area contributed by atoms with E-state index in [1.54, 1.807) is 0 Å². The van der Waals surface area contributed by atoms with Gasteiger partial charge in [-0.3, -0.25) is 4.79 Å². The number of hydrogen-bond donors (Lipinski definition) is 0. The van der Waals surface area contributed by atoms with Crippen molar-refractivity contribution in [3.8, 4) is 0 Å². The molecule has 0 aliphatic carbocycles. The van der Waals surface area contributed by atoms with Crippen LogP contribution in [0.1, 0.15) is 15.9 Å². The SMILES string of the molecule is Cc1cccc(N(C)c2ccc(C=O)cc2Br)c1. The van der Waals surface area contributed by atoms with Gasteiger partial charge in [-0.05, 0) is 58.7 Å². The molecule has 0 radical (unpaired) electrons. The first-order valence-corrected chi connectivity index (χ1v) is 6.46. The lowest BCUT2D eigenvalue weighted by atomic mass is 10.1. The fraction of sp³-hybridized carbons (Fsp3) is 0.133. The number of benzene rings is 2. The second-order valence-electron chi connectivity index (χ2n) is 4.23. The summed E-state index contributed by atoms with van der Waals surface area (Å²) in [7, 11) is 2.01. The Balaban J connectivity index is 2.39. The Labute approximate surface area is 115 Å². The van der Waals surface area contributed by atoms with Gasteiger partial charge in [0.15, 0.2) is 0 Å². The molecule has 0 aliphatic heterocycles. The molecule has 0 aromatic heterocycles. The van der Waals surface area contributed by atoms with E-state index in [1.807, 2.05) is 31.3 Å². The largest absolute Gasteiger partial charge is 0.344 e. The monoisotopic (exact) mass is 303 g/mol. The molecular weight excluding hydrogens is 290 g/mol. The van der Waals surface area contributed by atoms with Crippen molar-refractivity contribution in [2.45, 2.75) is 6.92 Å². The molecule has 3 heteroatoms. The minimum atomic E-state index is 0.670. The molecule has 0 saturated carbocycles. The molecule has 2 aromatic rings. The van der Waals surface area contributed by atoms with Crippen LogP contribution in [0.4, 0.5) is 11.4 Å². The molecule has 0 N–H and O–H groups in total. The van der Waals surface area contributed by atoms with Crippen LogP contribution in [0.2, 0.25) is 0 Å². The summed E-state index contributed by atoms with van der Waals surface area (Å²) in [6, 6.07) is 13.9. The van der Waals surface area contributed by atoms with E-state index in [2.05, 4.69) is 46.0 Å². The summed E-state index contributed by atoms with van der Waals surface area (Å²) in [6.45, 7) is 2.07. The molecule has 0 bridgehead atoms. The maximum Gasteiger partial charge on any atom is 0.150 e. The van der Waals surface area contributed by atoms with Gasteiger partial charge in [0.2, 0.25) is 0 Å². The molecule has 0 aliphatic rings. The highest BCUT2D eigenvalue weighted by Gasteiger charge is 2.08. The van der Waals surface area contributed by atoms with Gasteiger partial charge < -0.3 is 4.90 Å². The van der Waals surface area contributed by atoms with Crippen molar-refractivity contribution in [1.29, 1.82) is 0 Å². The molecule has 2 nitrogen and oxygen atoms in total. The van der Waals surface area contributed by atoms with E-state index in [0.717, 1.165) is 22.1 Å². The van der Waals surface area contributed by atoms with Gasteiger partial charge in [0, 0.05) is 22.8 Å². The molecule has 2 rings (SSSR count). The maximum absolute atomic E-state index is 10.7. The Morgan fingerprint density at radius 2 is 1.94 bits per heavy atom. The fourth-order valence-electron chi connectivity index (χ4n) is 1.84. The highest BCUT2D eigenvalue weighted by Crippen LogP contribution is 2.31. The minimum absolute atomic E-state index is 0.670. The first kappa shape index (κ1) is 12.8. The van der Waals surface area contributed by atoms with Gasteiger partial charge in [-0.15, -0.1) is 0 Å². The topological polar surface area (TPSA) is 20.3 Å². The van der Waals surface area contributed by atoms with Crippen LogP contribution in [0.25, 0.3) is 0 Å². The molecule has 0 fully saturated rings. The van der Waals surface area contributed by atoms with E-state index in [9.17, 15) is 4.79 Å². The number of hydrogen-bond acceptors (Lipinski definition) is 2. The summed E-state index contributed by atoms with van der Waals surface area (Å²) in [5.41, 5.74) is 4.05. The van der Waals surface area contributed by atoms with Crippen molar-refractivity contribution in [2.75, 3.05) is 11.9 Å². The number of aryl methyl sites for hydroxylation is 1. The number of aldehydes is 1. The quantitative estimate of drug-likeness (QED) is 0.786. The van der Waals surface area contributed by atoms with Gasteiger partial charge in [0.1, 0.15) is 6.29 Å². The number of rotatable bonds is 3. The summed E-state index contributed by atoms with van der Waals surface area (Å²) in [4.78, 5) is 12.8. The van der Waals surface area contributed by atoms with Crippen molar-refractivity contribution in [1.82, 2.24) is 0 Å². The Kier molecular flexibility index (Phi) is 3.82. The molecule has 0 spiro atoms. The Morgan fingerprint density at radius 1 is 1.17 bits per heavy atom. The van der Waals surface area contributed by atoms with E-state index in [4.69, 9.17) is 0 Å². The van der Waals surface area contributed by atoms with Crippen molar-refractivity contribution in [3.05, 3.63) is 58.1 Å². The van der Waals surface area contributed by atoms with Gasteiger partial charge in [-0.25, -0.2) is 0 Å². The van der Waals surface area contributed by atoms with Gasteiger partial charge >= 0.3 is 0 Å². The van der Waals surface area contributed by atoms with Crippen molar-refractivity contribution < 1.29 is 4.79 Å². The molecule has 2 aromatic carbocycles. The van der Waals surface area contributed by atoms with Crippen molar-refractivity contribution >= 4 is 33.6 Å². The molecule has 0 unspecified atom stereocenters. The molecule has 18 heavy (non-hydrogen) atoms. The third-order valence-corrected chi connectivity index (χ3v) is 3.49. The average molecular weight is 304 g/mol. The lowest BCUT2D eigenvalue weighted by molar-refractivity contribution is 0.112. The van der Waals surface area contributed by atoms with Crippen LogP contribution in [0.15, 0.2) is 46.9 Å². The summed E-state index contributed by atoms with van der Waals surface area (Å²) in [5, 5.41) is 0. The van der Waals surface area contributed by atoms with Gasteiger partial charge in [0.05, 0.1) is 5.69 Å². The Morgan fingerprint density at radius 3 is 2.56 bits per heavy atom. The van der Waals surface area contributed by atoms with Crippen LogP contribution in [-0.2, 0) is 0 Å². The minimum Gasteiger partial charge on any atom is -0.344 e. The van der Waals surface area contributed by atoms with E-state index < -0.39 is 0 Å². The highest BCUT2D eigenvalue weighted by atomic mass is 79.9. The Bertz CT molecular complexity index is 580. The standard InChI is InChI=1S/C15H14BrNO/c1-11-4-3-5-13(8-11)17(2)15-7-6-12(10-18)9-14(15)16/h3-10H,1-2H3. The molecule has 92 valence electrons. The number of carbonyl (C=O) groups excluding carboxylic acids is 1. The summed E-state index contributed by atoms with van der Waals surface area (Å²) in [6.07, 6.45) is 0.848. The van der Waals surface area contributed by atoms with E-state index in [1.165, 1.54) is 5.56 Å². The molecule has 0 saturated heterocycles. The van der Waals surface area contributed by atoms with Gasteiger partial charge in [0.25, 0.3) is 0 Å². The predicted molar refractivity (Wildman–Crippen MR) is 78.8 cm³/mol. The van der Waals surface area contributed by atoms with Crippen LogP contribution in [0.3, 0.4) is 0 Å². The molecule has 0 atom stereocenters. The van der Waals surface area contributed by atoms with E-state index in [-0.39, 0.29) is 0 Å². The van der Waals surface area contributed by atoms with Crippen molar-refractivity contribution in [3.63, 3.8) is 0 Å². The predicted octanol–water partition coefficient (Wildman–Crippen LogP) is 4.34. The van der Waals surface area contributed by atoms with E-state index >= 15 is 0 Å². The van der Waals surface area contributed by atoms with Crippen LogP contribution in [0, 0.1) is 6.92 Å². The maximum atomic E-state index is 10.7. The third kappa shape index (κ3) is 2.62. The summed E-state index contributed by atoms with van der Waals surface area (Å²) in [5.74, 6) is 0. The zero-order valence-electron chi connectivity index (χ0n) is 10.4. The third-order valence-electron chi connectivity index (χ3n) is 2.86. The first-order valence-electron chi connectivity index (χ1n) is 5.67.